The van der Waals surface area contributed by atoms with Gasteiger partial charge in [-0.2, -0.15) is 0 Å². The fourth-order valence-electron chi connectivity index (χ4n) is 5.73. The maximum Gasteiger partial charge on any atom is 0.494 e. The number of carbonyl (C=O) groups is 1. The summed E-state index contributed by atoms with van der Waals surface area (Å²) in [4.78, 5) is 23.5. The lowest BCUT2D eigenvalue weighted by Gasteiger charge is -2.34. The van der Waals surface area contributed by atoms with Gasteiger partial charge in [0.05, 0.1) is 29.1 Å². The van der Waals surface area contributed by atoms with Crippen molar-refractivity contribution in [3.05, 3.63) is 36.3 Å². The van der Waals surface area contributed by atoms with E-state index in [9.17, 15) is 4.79 Å². The smallest absolute Gasteiger partial charge is 0.444 e. The van der Waals surface area contributed by atoms with Crippen LogP contribution in [0.4, 0.5) is 4.79 Å². The fourth-order valence-corrected chi connectivity index (χ4v) is 5.73. The molecule has 1 saturated carbocycles. The predicted molar refractivity (Wildman–Crippen MR) is 141 cm³/mol. The predicted octanol–water partition coefficient (Wildman–Crippen LogP) is 5.62. The normalized spacial score (nSPS) is 27.2. The lowest BCUT2D eigenvalue weighted by molar-refractivity contribution is 0.00578. The van der Waals surface area contributed by atoms with E-state index in [0.717, 1.165) is 48.2 Å². The first-order chi connectivity index (χ1) is 16.8. The van der Waals surface area contributed by atoms with E-state index >= 15 is 0 Å². The minimum Gasteiger partial charge on any atom is -0.444 e. The molecule has 3 aliphatic rings. The van der Waals surface area contributed by atoms with Crippen LogP contribution in [0.5, 0.6) is 0 Å². The van der Waals surface area contributed by atoms with Crippen LogP contribution in [0, 0.1) is 5.92 Å². The van der Waals surface area contributed by atoms with Gasteiger partial charge in [0.2, 0.25) is 0 Å². The average Bonchev–Trinajstić information content (AvgIpc) is 3.47. The van der Waals surface area contributed by atoms with Crippen LogP contribution in [0.25, 0.3) is 11.3 Å². The summed E-state index contributed by atoms with van der Waals surface area (Å²) in [7, 11) is -0.384. The monoisotopic (exact) mass is 493 g/mol. The van der Waals surface area contributed by atoms with Crippen molar-refractivity contribution in [3.63, 3.8) is 0 Å². The number of H-pyrrole nitrogens is 1. The molecule has 2 aliphatic heterocycles. The molecule has 7 nitrogen and oxygen atoms in total. The van der Waals surface area contributed by atoms with Crippen LogP contribution in [0.1, 0.15) is 92.4 Å². The number of hydrogen-bond donors (Lipinski definition) is 1. The number of ether oxygens (including phenoxy) is 1. The number of aromatic amines is 1. The number of nitrogens with one attached hydrogen (secondary N) is 1. The summed E-state index contributed by atoms with van der Waals surface area (Å²) in [5.74, 6) is 1.34. The molecule has 3 fully saturated rings. The Morgan fingerprint density at radius 2 is 1.72 bits per heavy atom. The number of nitrogens with zero attached hydrogens (tertiary/aromatic N) is 2. The van der Waals surface area contributed by atoms with Crippen LogP contribution in [0.15, 0.2) is 30.5 Å². The van der Waals surface area contributed by atoms with Crippen LogP contribution < -0.4 is 5.46 Å². The van der Waals surface area contributed by atoms with E-state index in [0.29, 0.717) is 5.92 Å². The molecule has 8 heteroatoms. The quantitative estimate of drug-likeness (QED) is 0.562. The molecule has 0 spiro atoms. The van der Waals surface area contributed by atoms with Crippen LogP contribution in [0.3, 0.4) is 0 Å². The SMILES string of the molecule is CC(C)(C)OC(=O)N1C(c2ncc(-c3ccc(B4OC(C)(C)C(C)(C)O4)cc3)[nH]2)CC2CCCCC21. The van der Waals surface area contributed by atoms with Crippen molar-refractivity contribution >= 4 is 18.7 Å². The van der Waals surface area contributed by atoms with E-state index in [1.807, 2.05) is 31.9 Å². The Bertz CT molecular complexity index is 1090. The summed E-state index contributed by atoms with van der Waals surface area (Å²) in [6, 6.07) is 8.37. The summed E-state index contributed by atoms with van der Waals surface area (Å²) in [6.07, 6.45) is 7.15. The topological polar surface area (TPSA) is 76.7 Å². The van der Waals surface area contributed by atoms with Crippen LogP contribution in [-0.2, 0) is 14.0 Å². The molecule has 1 aromatic heterocycles. The zero-order valence-corrected chi connectivity index (χ0v) is 22.8. The fraction of sp³-hybridized carbons (Fsp3) is 0.643. The minimum atomic E-state index is -0.526. The van der Waals surface area contributed by atoms with Crippen molar-refractivity contribution in [1.82, 2.24) is 14.9 Å². The van der Waals surface area contributed by atoms with Crippen molar-refractivity contribution < 1.29 is 18.8 Å². The Morgan fingerprint density at radius 3 is 2.36 bits per heavy atom. The van der Waals surface area contributed by atoms with Gasteiger partial charge in [-0.25, -0.2) is 9.78 Å². The first-order valence-corrected chi connectivity index (χ1v) is 13.4. The molecule has 1 aromatic carbocycles. The lowest BCUT2D eigenvalue weighted by Crippen LogP contribution is -2.43. The van der Waals surface area contributed by atoms with Crippen molar-refractivity contribution in [2.75, 3.05) is 0 Å². The first kappa shape index (κ1) is 25.3. The highest BCUT2D eigenvalue weighted by Gasteiger charge is 2.52. The molecule has 0 radical (unpaired) electrons. The molecule has 2 saturated heterocycles. The van der Waals surface area contributed by atoms with Crippen LogP contribution >= 0.6 is 0 Å². The van der Waals surface area contributed by atoms with E-state index in [4.69, 9.17) is 19.0 Å². The standard InChI is InChI=1S/C28H40BN3O4/c1-26(2,3)34-25(33)32-22-11-9-8-10-19(22)16-23(32)24-30-17-21(31-24)18-12-14-20(15-13-18)29-35-27(4,5)28(6,7)36-29/h12-15,17,19,22-23H,8-11,16H2,1-7H3,(H,30,31). The van der Waals surface area contributed by atoms with Gasteiger partial charge in [-0.3, -0.25) is 4.90 Å². The molecule has 1 N–H and O–H groups in total. The molecule has 3 heterocycles. The second-order valence-electron chi connectivity index (χ2n) is 12.6. The molecule has 2 aromatic rings. The van der Waals surface area contributed by atoms with E-state index in [1.165, 1.54) is 6.42 Å². The van der Waals surface area contributed by atoms with Gasteiger partial charge in [-0.05, 0) is 84.7 Å². The van der Waals surface area contributed by atoms with Gasteiger partial charge in [0, 0.05) is 6.04 Å². The summed E-state index contributed by atoms with van der Waals surface area (Å²) in [5, 5.41) is 0. The number of imidazole rings is 1. The van der Waals surface area contributed by atoms with Crippen LogP contribution in [-0.4, -0.2) is 50.9 Å². The molecule has 3 atom stereocenters. The van der Waals surface area contributed by atoms with Gasteiger partial charge in [0.25, 0.3) is 0 Å². The molecule has 3 unspecified atom stereocenters. The Hall–Kier alpha value is -2.32. The highest BCUT2D eigenvalue weighted by Crippen LogP contribution is 2.46. The van der Waals surface area contributed by atoms with Gasteiger partial charge >= 0.3 is 13.2 Å². The largest absolute Gasteiger partial charge is 0.494 e. The summed E-state index contributed by atoms with van der Waals surface area (Å²) in [6.45, 7) is 14.0. The Morgan fingerprint density at radius 1 is 1.08 bits per heavy atom. The molecular weight excluding hydrogens is 453 g/mol. The number of hydrogen-bond acceptors (Lipinski definition) is 5. The third kappa shape index (κ3) is 4.70. The number of rotatable bonds is 3. The highest BCUT2D eigenvalue weighted by molar-refractivity contribution is 6.62. The van der Waals surface area contributed by atoms with Crippen molar-refractivity contribution in [2.24, 2.45) is 5.92 Å². The Balaban J connectivity index is 1.35. The minimum absolute atomic E-state index is 0.0919. The van der Waals surface area contributed by atoms with Gasteiger partial charge < -0.3 is 19.0 Å². The van der Waals surface area contributed by atoms with E-state index in [1.54, 1.807) is 0 Å². The van der Waals surface area contributed by atoms with E-state index in [2.05, 4.69) is 56.9 Å². The summed E-state index contributed by atoms with van der Waals surface area (Å²) in [5.41, 5.74) is 1.70. The second-order valence-corrected chi connectivity index (χ2v) is 12.6. The summed E-state index contributed by atoms with van der Waals surface area (Å²) < 4.78 is 18.2. The zero-order valence-electron chi connectivity index (χ0n) is 22.8. The average molecular weight is 493 g/mol. The lowest BCUT2D eigenvalue weighted by atomic mass is 9.79. The molecule has 0 bridgehead atoms. The number of amides is 1. The van der Waals surface area contributed by atoms with Gasteiger partial charge in [0.15, 0.2) is 0 Å². The first-order valence-electron chi connectivity index (χ1n) is 13.4. The van der Waals surface area contributed by atoms with Crippen LogP contribution in [0.2, 0.25) is 0 Å². The number of benzene rings is 1. The highest BCUT2D eigenvalue weighted by atomic mass is 16.7. The third-order valence-electron chi connectivity index (χ3n) is 8.35. The number of carbonyl (C=O) groups excluding carboxylic acids is 1. The molecule has 1 amide bonds. The maximum absolute atomic E-state index is 13.3. The van der Waals surface area contributed by atoms with Gasteiger partial charge in [-0.1, -0.05) is 37.1 Å². The summed E-state index contributed by atoms with van der Waals surface area (Å²) >= 11 is 0. The van der Waals surface area contributed by atoms with E-state index in [-0.39, 0.29) is 36.5 Å². The molecule has 1 aliphatic carbocycles. The third-order valence-corrected chi connectivity index (χ3v) is 8.35. The van der Waals surface area contributed by atoms with Gasteiger partial charge in [0.1, 0.15) is 11.4 Å². The Kier molecular flexibility index (Phi) is 6.27. The van der Waals surface area contributed by atoms with Crippen molar-refractivity contribution in [2.45, 2.75) is 109 Å². The Labute approximate surface area is 215 Å². The number of aromatic nitrogens is 2. The number of fused-ring (bicyclic) bond motifs is 1. The van der Waals surface area contributed by atoms with Gasteiger partial charge in [-0.15, -0.1) is 0 Å². The maximum atomic E-state index is 13.3. The molecule has 5 rings (SSSR count). The van der Waals surface area contributed by atoms with Crippen molar-refractivity contribution in [3.8, 4) is 11.3 Å². The molecule has 36 heavy (non-hydrogen) atoms. The van der Waals surface area contributed by atoms with E-state index < -0.39 is 5.60 Å². The second kappa shape index (κ2) is 8.91. The number of likely N-dealkylation sites (tertiary alicyclic amines) is 1. The molecular formula is C28H40BN3O4. The zero-order chi connectivity index (χ0) is 25.9. The molecule has 194 valence electrons. The van der Waals surface area contributed by atoms with Crippen molar-refractivity contribution in [1.29, 1.82) is 0 Å².